The molecule has 4 heterocycles. The van der Waals surface area contributed by atoms with Gasteiger partial charge in [0.2, 0.25) is 6.41 Å². The molecule has 0 unspecified atom stereocenters. The topological polar surface area (TPSA) is 89.9 Å². The number of amides is 1. The number of halogens is 1. The molecular formula is C26H29FN6O. The number of terminal acetylenes is 1. The Bertz CT molecular complexity index is 1300. The number of nitrogen functional groups attached to an aromatic ring is 1. The highest BCUT2D eigenvalue weighted by atomic mass is 19.1. The highest BCUT2D eigenvalue weighted by molar-refractivity contribution is 6.04. The predicted molar refractivity (Wildman–Crippen MR) is 132 cm³/mol. The van der Waals surface area contributed by atoms with Crippen LogP contribution in [0, 0.1) is 25.1 Å². The molecule has 3 aromatic heterocycles. The summed E-state index contributed by atoms with van der Waals surface area (Å²) >= 11 is 0. The van der Waals surface area contributed by atoms with Crippen LogP contribution in [-0.2, 0) is 11.8 Å². The van der Waals surface area contributed by atoms with Crippen molar-refractivity contribution >= 4 is 28.8 Å². The van der Waals surface area contributed by atoms with Crippen LogP contribution in [0.4, 0.5) is 10.2 Å². The summed E-state index contributed by atoms with van der Waals surface area (Å²) in [6.07, 6.45) is 18.2. The van der Waals surface area contributed by atoms with E-state index >= 15 is 0 Å². The fourth-order valence-electron chi connectivity index (χ4n) is 4.73. The van der Waals surface area contributed by atoms with Gasteiger partial charge < -0.3 is 15.2 Å². The van der Waals surface area contributed by atoms with Gasteiger partial charge in [0.15, 0.2) is 5.82 Å². The molecule has 34 heavy (non-hydrogen) atoms. The zero-order valence-electron chi connectivity index (χ0n) is 19.6. The second-order valence-corrected chi connectivity index (χ2v) is 8.67. The Kier molecular flexibility index (Phi) is 6.92. The van der Waals surface area contributed by atoms with Crippen LogP contribution >= 0.6 is 0 Å². The average molecular weight is 461 g/mol. The first kappa shape index (κ1) is 23.4. The summed E-state index contributed by atoms with van der Waals surface area (Å²) in [5.74, 6) is 2.25. The van der Waals surface area contributed by atoms with Crippen molar-refractivity contribution in [2.24, 2.45) is 7.05 Å². The quantitative estimate of drug-likeness (QED) is 0.467. The molecule has 1 aliphatic carbocycles. The molecule has 2 N–H and O–H groups in total. The number of anilines is 1. The Labute approximate surface area is 198 Å². The van der Waals surface area contributed by atoms with Crippen molar-refractivity contribution in [3.05, 3.63) is 41.2 Å². The van der Waals surface area contributed by atoms with Gasteiger partial charge in [-0.1, -0.05) is 6.08 Å². The Morgan fingerprint density at radius 3 is 2.56 bits per heavy atom. The summed E-state index contributed by atoms with van der Waals surface area (Å²) in [7, 11) is 1.91. The van der Waals surface area contributed by atoms with Crippen LogP contribution < -0.4 is 5.73 Å². The second-order valence-electron chi connectivity index (χ2n) is 8.67. The minimum Gasteiger partial charge on any atom is -0.383 e. The van der Waals surface area contributed by atoms with Crippen LogP contribution in [0.25, 0.3) is 27.9 Å². The van der Waals surface area contributed by atoms with E-state index in [1.54, 1.807) is 18.0 Å². The Morgan fingerprint density at radius 2 is 1.94 bits per heavy atom. The lowest BCUT2D eigenvalue weighted by atomic mass is 9.90. The lowest BCUT2D eigenvalue weighted by molar-refractivity contribution is -0.117. The summed E-state index contributed by atoms with van der Waals surface area (Å²) in [5, 5.41) is 0.809. The Morgan fingerprint density at radius 1 is 1.18 bits per heavy atom. The third-order valence-electron chi connectivity index (χ3n) is 6.55. The fourth-order valence-corrected chi connectivity index (χ4v) is 4.73. The third-order valence-corrected chi connectivity index (χ3v) is 6.55. The number of allylic oxidation sites excluding steroid dienone is 2. The van der Waals surface area contributed by atoms with Gasteiger partial charge in [-0.3, -0.25) is 4.79 Å². The summed E-state index contributed by atoms with van der Waals surface area (Å²) < 4.78 is 16.6. The molecule has 0 spiro atoms. The standard InChI is InChI=1S/C21H20FN5.C5H9NO/c1-4-15-18(22)12(2)14(10-24-15)19-16(13-8-6-5-7-9-13)17-20(23)25-11-26-21(17)27(19)3;7-5-6-3-1-2-4-6/h1,8,10-11H,5-7,9H2,2-3H3,(H2,23,25,26);5H,1-4H2. The Balaban J connectivity index is 0.000000336. The van der Waals surface area contributed by atoms with Gasteiger partial charge in [0.25, 0.3) is 0 Å². The molecule has 0 saturated carbocycles. The molecule has 8 heteroatoms. The van der Waals surface area contributed by atoms with Crippen molar-refractivity contribution in [2.45, 2.75) is 45.4 Å². The number of nitrogens with two attached hydrogens (primary N) is 1. The van der Waals surface area contributed by atoms with Crippen LogP contribution in [0.1, 0.15) is 55.3 Å². The molecule has 0 aromatic carbocycles. The highest BCUT2D eigenvalue weighted by Gasteiger charge is 2.26. The molecule has 0 radical (unpaired) electrons. The van der Waals surface area contributed by atoms with Gasteiger partial charge >= 0.3 is 0 Å². The van der Waals surface area contributed by atoms with Crippen molar-refractivity contribution in [1.29, 1.82) is 0 Å². The lowest BCUT2D eigenvalue weighted by Crippen LogP contribution is -2.15. The number of fused-ring (bicyclic) bond motifs is 1. The number of rotatable bonds is 3. The van der Waals surface area contributed by atoms with E-state index in [1.807, 2.05) is 11.6 Å². The fraction of sp³-hybridized carbons (Fsp3) is 0.385. The largest absolute Gasteiger partial charge is 0.383 e. The molecule has 5 rings (SSSR count). The van der Waals surface area contributed by atoms with E-state index in [9.17, 15) is 9.18 Å². The van der Waals surface area contributed by atoms with Crippen molar-refractivity contribution in [3.8, 4) is 23.6 Å². The number of aromatic nitrogens is 4. The molecular weight excluding hydrogens is 431 g/mol. The molecule has 3 aromatic rings. The number of carbonyl (C=O) groups excluding carboxylic acids is 1. The summed E-state index contributed by atoms with van der Waals surface area (Å²) in [5.41, 5.74) is 11.1. The number of carbonyl (C=O) groups is 1. The molecule has 7 nitrogen and oxygen atoms in total. The molecule has 1 fully saturated rings. The van der Waals surface area contributed by atoms with Gasteiger partial charge in [-0.05, 0) is 62.5 Å². The maximum absolute atomic E-state index is 14.7. The van der Waals surface area contributed by atoms with E-state index in [2.05, 4.69) is 26.9 Å². The number of pyridine rings is 1. The van der Waals surface area contributed by atoms with Gasteiger partial charge in [0.1, 0.15) is 23.5 Å². The van der Waals surface area contributed by atoms with Gasteiger partial charge in [-0.2, -0.15) is 0 Å². The smallest absolute Gasteiger partial charge is 0.209 e. The van der Waals surface area contributed by atoms with Crippen LogP contribution in [-0.4, -0.2) is 43.9 Å². The molecule has 1 aliphatic heterocycles. The van der Waals surface area contributed by atoms with Crippen LogP contribution in [0.5, 0.6) is 0 Å². The number of aryl methyl sites for hydroxylation is 1. The molecule has 1 amide bonds. The van der Waals surface area contributed by atoms with Crippen molar-refractivity contribution in [3.63, 3.8) is 0 Å². The second kappa shape index (κ2) is 10.0. The molecule has 2 aliphatic rings. The third kappa shape index (κ3) is 4.26. The average Bonchev–Trinajstić information content (AvgIpc) is 3.49. The van der Waals surface area contributed by atoms with E-state index in [4.69, 9.17) is 12.2 Å². The van der Waals surface area contributed by atoms with E-state index in [0.717, 1.165) is 61.1 Å². The molecule has 1 saturated heterocycles. The predicted octanol–water partition coefficient (Wildman–Crippen LogP) is 4.24. The molecule has 176 valence electrons. The molecule has 0 atom stereocenters. The van der Waals surface area contributed by atoms with E-state index < -0.39 is 5.82 Å². The monoisotopic (exact) mass is 460 g/mol. The van der Waals surface area contributed by atoms with Gasteiger partial charge in [0.05, 0.1) is 11.1 Å². The van der Waals surface area contributed by atoms with Gasteiger partial charge in [0, 0.05) is 37.5 Å². The van der Waals surface area contributed by atoms with Crippen LogP contribution in [0.2, 0.25) is 0 Å². The zero-order chi connectivity index (χ0) is 24.2. The van der Waals surface area contributed by atoms with E-state index in [0.29, 0.717) is 16.9 Å². The summed E-state index contributed by atoms with van der Waals surface area (Å²) in [6.45, 7) is 3.67. The maximum Gasteiger partial charge on any atom is 0.209 e. The zero-order valence-corrected chi connectivity index (χ0v) is 19.6. The number of likely N-dealkylation sites (tertiary alicyclic amines) is 1. The SMILES string of the molecule is C#Cc1ncc(-c2c(C3=CCCCC3)c3c(N)ncnc3n2C)c(C)c1F.O=CN1CCCC1. The van der Waals surface area contributed by atoms with E-state index in [-0.39, 0.29) is 5.69 Å². The highest BCUT2D eigenvalue weighted by Crippen LogP contribution is 2.42. The van der Waals surface area contributed by atoms with Crippen molar-refractivity contribution in [1.82, 2.24) is 24.4 Å². The first-order valence-electron chi connectivity index (χ1n) is 11.6. The first-order valence-corrected chi connectivity index (χ1v) is 11.6. The normalized spacial score (nSPS) is 15.5. The molecule has 0 bridgehead atoms. The van der Waals surface area contributed by atoms with Crippen LogP contribution in [0.15, 0.2) is 18.6 Å². The Hall–Kier alpha value is -3.73. The van der Waals surface area contributed by atoms with Crippen molar-refractivity contribution < 1.29 is 9.18 Å². The van der Waals surface area contributed by atoms with Gasteiger partial charge in [-0.25, -0.2) is 19.3 Å². The van der Waals surface area contributed by atoms with E-state index in [1.165, 1.54) is 31.2 Å². The minimum absolute atomic E-state index is 0.0211. The number of hydrogen-bond donors (Lipinski definition) is 1. The van der Waals surface area contributed by atoms with Crippen molar-refractivity contribution in [2.75, 3.05) is 18.8 Å². The summed E-state index contributed by atoms with van der Waals surface area (Å²) in [6, 6.07) is 0. The van der Waals surface area contributed by atoms with Crippen LogP contribution in [0.3, 0.4) is 0 Å². The minimum atomic E-state index is -0.470. The number of nitrogens with zero attached hydrogens (tertiary/aromatic N) is 5. The lowest BCUT2D eigenvalue weighted by Gasteiger charge is -2.17. The maximum atomic E-state index is 14.7. The first-order chi connectivity index (χ1) is 16.5. The summed E-state index contributed by atoms with van der Waals surface area (Å²) in [4.78, 5) is 24.5. The number of hydrogen-bond acceptors (Lipinski definition) is 5. The van der Waals surface area contributed by atoms with Gasteiger partial charge in [-0.15, -0.1) is 6.42 Å².